The fourth-order valence-corrected chi connectivity index (χ4v) is 1.56. The summed E-state index contributed by atoms with van der Waals surface area (Å²) >= 11 is 3.24. The number of benzene rings is 2. The highest BCUT2D eigenvalue weighted by molar-refractivity contribution is 9.10. The van der Waals surface area contributed by atoms with Crippen molar-refractivity contribution in [3.8, 4) is 5.75 Å². The highest BCUT2D eigenvalue weighted by atomic mass is 79.9. The molecule has 0 heterocycles. The summed E-state index contributed by atoms with van der Waals surface area (Å²) in [5.74, 6) is -2.72. The van der Waals surface area contributed by atoms with Gasteiger partial charge in [-0.1, -0.05) is 15.9 Å². The van der Waals surface area contributed by atoms with Crippen LogP contribution in [0.5, 0.6) is 5.75 Å². The van der Waals surface area contributed by atoms with Gasteiger partial charge in [0, 0.05) is 10.5 Å². The predicted octanol–water partition coefficient (Wildman–Crippen LogP) is 3.95. The summed E-state index contributed by atoms with van der Waals surface area (Å²) in [6.45, 7) is 0. The molecule has 0 radical (unpaired) electrons. The molecule has 2 nitrogen and oxygen atoms in total. The first kappa shape index (κ1) is 12.7. The average Bonchev–Trinajstić information content (AvgIpc) is 2.34. The Morgan fingerprint density at radius 3 is 2.28 bits per heavy atom. The molecule has 0 saturated carbocycles. The second-order valence-corrected chi connectivity index (χ2v) is 4.39. The summed E-state index contributed by atoms with van der Waals surface area (Å²) in [7, 11) is 0. The quantitative estimate of drug-likeness (QED) is 0.620. The minimum absolute atomic E-state index is 0.0400. The molecule has 0 atom stereocenters. The lowest BCUT2D eigenvalue weighted by molar-refractivity contribution is 0.0734. The summed E-state index contributed by atoms with van der Waals surface area (Å²) in [6, 6.07) is 9.41. The Balaban J connectivity index is 2.16. The van der Waals surface area contributed by atoms with E-state index in [1.165, 1.54) is 6.07 Å². The molecule has 0 aromatic heterocycles. The van der Waals surface area contributed by atoms with Crippen molar-refractivity contribution >= 4 is 21.9 Å². The third-order valence-corrected chi connectivity index (χ3v) is 2.71. The Hall–Kier alpha value is -1.75. The first-order chi connectivity index (χ1) is 8.56. The zero-order valence-corrected chi connectivity index (χ0v) is 10.6. The highest BCUT2D eigenvalue weighted by Gasteiger charge is 2.10. The number of rotatable bonds is 2. The molecular weight excluding hydrogens is 306 g/mol. The third-order valence-electron chi connectivity index (χ3n) is 2.18. The maximum absolute atomic E-state index is 12.9. The summed E-state index contributed by atoms with van der Waals surface area (Å²) in [5, 5.41) is 0. The minimum atomic E-state index is -1.06. The lowest BCUT2D eigenvalue weighted by Gasteiger charge is -2.04. The summed E-state index contributed by atoms with van der Waals surface area (Å²) in [4.78, 5) is 11.7. The van der Waals surface area contributed by atoms with Crippen LogP contribution < -0.4 is 4.74 Å². The Bertz CT molecular complexity index is 582. The van der Waals surface area contributed by atoms with Crippen LogP contribution in [0.1, 0.15) is 10.4 Å². The summed E-state index contributed by atoms with van der Waals surface area (Å²) in [5.41, 5.74) is 0.322. The molecular formula is C13H7BrF2O2. The Kier molecular flexibility index (Phi) is 3.72. The summed E-state index contributed by atoms with van der Waals surface area (Å²) in [6.07, 6.45) is 0. The van der Waals surface area contributed by atoms with Gasteiger partial charge in [-0.2, -0.15) is 0 Å². The zero-order chi connectivity index (χ0) is 13.1. The van der Waals surface area contributed by atoms with Gasteiger partial charge in [0.05, 0.1) is 5.56 Å². The van der Waals surface area contributed by atoms with Crippen LogP contribution in [0.3, 0.4) is 0 Å². The molecule has 5 heteroatoms. The topological polar surface area (TPSA) is 26.3 Å². The fourth-order valence-electron chi connectivity index (χ4n) is 1.29. The zero-order valence-electron chi connectivity index (χ0n) is 8.99. The molecule has 0 N–H and O–H groups in total. The van der Waals surface area contributed by atoms with E-state index in [1.807, 2.05) is 0 Å². The van der Waals surface area contributed by atoms with Gasteiger partial charge in [0.15, 0.2) is 11.6 Å². The maximum Gasteiger partial charge on any atom is 0.343 e. The molecule has 0 aliphatic carbocycles. The molecule has 2 aromatic rings. The van der Waals surface area contributed by atoms with Crippen molar-refractivity contribution in [2.24, 2.45) is 0 Å². The van der Waals surface area contributed by atoms with Crippen LogP contribution in [0.4, 0.5) is 8.78 Å². The van der Waals surface area contributed by atoms with Crippen molar-refractivity contribution in [2.75, 3.05) is 0 Å². The molecule has 0 fully saturated rings. The van der Waals surface area contributed by atoms with Crippen molar-refractivity contribution in [3.05, 3.63) is 64.1 Å². The number of esters is 1. The molecule has 0 spiro atoms. The first-order valence-corrected chi connectivity index (χ1v) is 5.78. The van der Waals surface area contributed by atoms with Crippen LogP contribution in [0.15, 0.2) is 46.9 Å². The Morgan fingerprint density at radius 2 is 1.67 bits per heavy atom. The van der Waals surface area contributed by atoms with Crippen molar-refractivity contribution in [3.63, 3.8) is 0 Å². The van der Waals surface area contributed by atoms with Crippen LogP contribution in [0.25, 0.3) is 0 Å². The standard InChI is InChI=1S/C13H7BrF2O2/c14-9-3-1-8(2-4-9)13(17)18-10-5-6-11(15)12(16)7-10/h1-7H. The summed E-state index contributed by atoms with van der Waals surface area (Å²) < 4.78 is 31.3. The maximum atomic E-state index is 12.9. The SMILES string of the molecule is O=C(Oc1ccc(F)c(F)c1)c1ccc(Br)cc1. The molecule has 2 aromatic carbocycles. The van der Waals surface area contributed by atoms with Gasteiger partial charge in [0.1, 0.15) is 5.75 Å². The molecule has 0 saturated heterocycles. The van der Waals surface area contributed by atoms with E-state index < -0.39 is 17.6 Å². The molecule has 0 amide bonds. The highest BCUT2D eigenvalue weighted by Crippen LogP contribution is 2.17. The van der Waals surface area contributed by atoms with Crippen molar-refractivity contribution < 1.29 is 18.3 Å². The Labute approximate surface area is 110 Å². The third kappa shape index (κ3) is 2.92. The molecule has 0 aliphatic heterocycles. The molecule has 18 heavy (non-hydrogen) atoms. The second-order valence-electron chi connectivity index (χ2n) is 3.47. The lowest BCUT2D eigenvalue weighted by Crippen LogP contribution is -2.08. The number of halogens is 3. The van der Waals surface area contributed by atoms with E-state index in [1.54, 1.807) is 24.3 Å². The van der Waals surface area contributed by atoms with Gasteiger partial charge in [-0.15, -0.1) is 0 Å². The van der Waals surface area contributed by atoms with Crippen LogP contribution in [0.2, 0.25) is 0 Å². The van der Waals surface area contributed by atoms with E-state index in [9.17, 15) is 13.6 Å². The van der Waals surface area contributed by atoms with Crippen LogP contribution in [-0.2, 0) is 0 Å². The largest absolute Gasteiger partial charge is 0.423 e. The van der Waals surface area contributed by atoms with E-state index in [2.05, 4.69) is 15.9 Å². The van der Waals surface area contributed by atoms with Crippen molar-refractivity contribution in [2.45, 2.75) is 0 Å². The minimum Gasteiger partial charge on any atom is -0.423 e. The molecule has 0 aliphatic rings. The van der Waals surface area contributed by atoms with E-state index in [4.69, 9.17) is 4.74 Å². The van der Waals surface area contributed by atoms with E-state index >= 15 is 0 Å². The molecule has 2 rings (SSSR count). The van der Waals surface area contributed by atoms with Gasteiger partial charge in [-0.25, -0.2) is 13.6 Å². The predicted molar refractivity (Wildman–Crippen MR) is 65.5 cm³/mol. The average molecular weight is 313 g/mol. The van der Waals surface area contributed by atoms with Gasteiger partial charge in [-0.05, 0) is 36.4 Å². The number of hydrogen-bond donors (Lipinski definition) is 0. The van der Waals surface area contributed by atoms with Gasteiger partial charge in [0.2, 0.25) is 0 Å². The van der Waals surface area contributed by atoms with Crippen molar-refractivity contribution in [1.29, 1.82) is 0 Å². The monoisotopic (exact) mass is 312 g/mol. The van der Waals surface area contributed by atoms with Crippen molar-refractivity contribution in [1.82, 2.24) is 0 Å². The number of ether oxygens (including phenoxy) is 1. The second kappa shape index (κ2) is 5.27. The molecule has 0 bridgehead atoms. The fraction of sp³-hybridized carbons (Fsp3) is 0. The van der Waals surface area contributed by atoms with E-state index in [-0.39, 0.29) is 5.75 Å². The van der Waals surface area contributed by atoms with Gasteiger partial charge < -0.3 is 4.74 Å². The molecule has 0 unspecified atom stereocenters. The van der Waals surface area contributed by atoms with Gasteiger partial charge >= 0.3 is 5.97 Å². The lowest BCUT2D eigenvalue weighted by atomic mass is 10.2. The number of carbonyl (C=O) groups is 1. The first-order valence-electron chi connectivity index (χ1n) is 4.99. The van der Waals surface area contributed by atoms with Crippen LogP contribution in [-0.4, -0.2) is 5.97 Å². The normalized spacial score (nSPS) is 10.2. The smallest absolute Gasteiger partial charge is 0.343 e. The number of hydrogen-bond acceptors (Lipinski definition) is 2. The van der Waals surface area contributed by atoms with E-state index in [0.717, 1.165) is 16.6 Å². The Morgan fingerprint density at radius 1 is 1.00 bits per heavy atom. The van der Waals surface area contributed by atoms with Gasteiger partial charge in [-0.3, -0.25) is 0 Å². The van der Waals surface area contributed by atoms with E-state index in [0.29, 0.717) is 5.56 Å². The number of carbonyl (C=O) groups excluding carboxylic acids is 1. The van der Waals surface area contributed by atoms with Crippen LogP contribution in [0, 0.1) is 11.6 Å². The molecule has 92 valence electrons. The van der Waals surface area contributed by atoms with Crippen LogP contribution >= 0.6 is 15.9 Å². The van der Waals surface area contributed by atoms with Gasteiger partial charge in [0.25, 0.3) is 0 Å².